The van der Waals surface area contributed by atoms with E-state index in [0.717, 1.165) is 43.0 Å². The summed E-state index contributed by atoms with van der Waals surface area (Å²) in [4.78, 5) is 4.60. The Balaban J connectivity index is 1.80. The van der Waals surface area contributed by atoms with Crippen molar-refractivity contribution in [3.8, 4) is 0 Å². The zero-order chi connectivity index (χ0) is 12.6. The fourth-order valence-electron chi connectivity index (χ4n) is 2.55. The minimum atomic E-state index is -0.0435. The molecule has 0 aliphatic carbocycles. The van der Waals surface area contributed by atoms with Crippen molar-refractivity contribution in [1.82, 2.24) is 9.55 Å². The van der Waals surface area contributed by atoms with Crippen molar-refractivity contribution in [1.29, 1.82) is 0 Å². The summed E-state index contributed by atoms with van der Waals surface area (Å²) in [6.07, 6.45) is 2.27. The number of para-hydroxylation sites is 2. The van der Waals surface area contributed by atoms with E-state index in [1.165, 1.54) is 0 Å². The number of aromatic nitrogens is 2. The first-order chi connectivity index (χ1) is 8.68. The smallest absolute Gasteiger partial charge is 0.203 e. The van der Waals surface area contributed by atoms with E-state index in [1.807, 2.05) is 25.2 Å². The Morgan fingerprint density at radius 3 is 3.00 bits per heavy atom. The van der Waals surface area contributed by atoms with E-state index in [2.05, 4.69) is 27.9 Å². The summed E-state index contributed by atoms with van der Waals surface area (Å²) >= 11 is 0. The van der Waals surface area contributed by atoms with Crippen molar-refractivity contribution >= 4 is 17.0 Å². The predicted molar refractivity (Wildman–Crippen MR) is 72.8 cm³/mol. The van der Waals surface area contributed by atoms with E-state index in [-0.39, 0.29) is 5.60 Å². The summed E-state index contributed by atoms with van der Waals surface area (Å²) in [5.74, 6) is 0.910. The van der Waals surface area contributed by atoms with Crippen LogP contribution in [0.5, 0.6) is 0 Å². The molecule has 1 atom stereocenters. The Kier molecular flexibility index (Phi) is 2.74. The van der Waals surface area contributed by atoms with Crippen LogP contribution in [0.4, 0.5) is 5.95 Å². The number of rotatable bonds is 3. The Hall–Kier alpha value is -1.55. The van der Waals surface area contributed by atoms with Crippen LogP contribution in [-0.2, 0) is 11.8 Å². The molecule has 1 unspecified atom stereocenters. The minimum absolute atomic E-state index is 0.0435. The number of benzene rings is 1. The molecule has 1 fully saturated rings. The third kappa shape index (κ3) is 1.97. The summed E-state index contributed by atoms with van der Waals surface area (Å²) < 4.78 is 7.87. The van der Waals surface area contributed by atoms with Crippen molar-refractivity contribution in [2.45, 2.75) is 25.4 Å². The van der Waals surface area contributed by atoms with Gasteiger partial charge in [0.1, 0.15) is 0 Å². The number of aryl methyl sites for hydroxylation is 1. The van der Waals surface area contributed by atoms with Crippen molar-refractivity contribution in [2.24, 2.45) is 7.05 Å². The molecular formula is C14H19N3O. The molecule has 1 aromatic heterocycles. The third-order valence-electron chi connectivity index (χ3n) is 3.71. The summed E-state index contributed by atoms with van der Waals surface area (Å²) in [7, 11) is 2.04. The largest absolute Gasteiger partial charge is 0.373 e. The van der Waals surface area contributed by atoms with Crippen LogP contribution in [0.2, 0.25) is 0 Å². The number of ether oxygens (including phenoxy) is 1. The van der Waals surface area contributed by atoms with Crippen LogP contribution < -0.4 is 5.32 Å². The molecule has 3 rings (SSSR count). The van der Waals surface area contributed by atoms with E-state index in [4.69, 9.17) is 4.74 Å². The van der Waals surface area contributed by atoms with Crippen LogP contribution in [-0.4, -0.2) is 28.3 Å². The number of anilines is 1. The lowest BCUT2D eigenvalue weighted by Crippen LogP contribution is -2.33. The van der Waals surface area contributed by atoms with Crippen LogP contribution in [0.25, 0.3) is 11.0 Å². The van der Waals surface area contributed by atoms with Gasteiger partial charge in [0.15, 0.2) is 0 Å². The zero-order valence-electron chi connectivity index (χ0n) is 10.9. The third-order valence-corrected chi connectivity index (χ3v) is 3.71. The molecule has 4 heteroatoms. The number of nitrogens with zero attached hydrogens (tertiary/aromatic N) is 2. The second-order valence-corrected chi connectivity index (χ2v) is 5.24. The van der Waals surface area contributed by atoms with Gasteiger partial charge in [0.25, 0.3) is 0 Å². The molecule has 1 aromatic carbocycles. The molecule has 0 amide bonds. The van der Waals surface area contributed by atoms with Crippen LogP contribution in [0, 0.1) is 0 Å². The van der Waals surface area contributed by atoms with E-state index < -0.39 is 0 Å². The molecule has 4 nitrogen and oxygen atoms in total. The minimum Gasteiger partial charge on any atom is -0.373 e. The van der Waals surface area contributed by atoms with Gasteiger partial charge in [0, 0.05) is 20.2 Å². The lowest BCUT2D eigenvalue weighted by Gasteiger charge is -2.23. The van der Waals surface area contributed by atoms with Gasteiger partial charge in [0.05, 0.1) is 16.6 Å². The standard InChI is InChI=1S/C14H19N3O/c1-14(8-5-9-18-14)10-15-13-16-11-6-3-4-7-12(11)17(13)2/h3-4,6-7H,5,8-10H2,1-2H3,(H,15,16). The second-order valence-electron chi connectivity index (χ2n) is 5.24. The number of nitrogens with one attached hydrogen (secondary N) is 1. The maximum absolute atomic E-state index is 5.78. The van der Waals surface area contributed by atoms with Crippen LogP contribution in [0.1, 0.15) is 19.8 Å². The quantitative estimate of drug-likeness (QED) is 0.903. The summed E-state index contributed by atoms with van der Waals surface area (Å²) in [6, 6.07) is 8.17. The Morgan fingerprint density at radius 1 is 1.44 bits per heavy atom. The maximum atomic E-state index is 5.78. The molecule has 1 N–H and O–H groups in total. The molecular weight excluding hydrogens is 226 g/mol. The van der Waals surface area contributed by atoms with Gasteiger partial charge in [-0.3, -0.25) is 0 Å². The number of imidazole rings is 1. The normalized spacial score (nSPS) is 23.7. The highest BCUT2D eigenvalue weighted by Crippen LogP contribution is 2.26. The van der Waals surface area contributed by atoms with Gasteiger partial charge in [-0.25, -0.2) is 4.98 Å². The van der Waals surface area contributed by atoms with Gasteiger partial charge in [-0.05, 0) is 31.9 Å². The molecule has 1 saturated heterocycles. The van der Waals surface area contributed by atoms with Gasteiger partial charge in [-0.15, -0.1) is 0 Å². The Labute approximate surface area is 107 Å². The highest BCUT2D eigenvalue weighted by molar-refractivity contribution is 5.78. The number of fused-ring (bicyclic) bond motifs is 1. The number of hydrogen-bond acceptors (Lipinski definition) is 3. The van der Waals surface area contributed by atoms with Crippen LogP contribution >= 0.6 is 0 Å². The predicted octanol–water partition coefficient (Wildman–Crippen LogP) is 2.55. The average molecular weight is 245 g/mol. The van der Waals surface area contributed by atoms with Crippen LogP contribution in [0.3, 0.4) is 0 Å². The SMILES string of the molecule is Cn1c(NCC2(C)CCCO2)nc2ccccc21. The van der Waals surface area contributed by atoms with E-state index in [0.29, 0.717) is 0 Å². The molecule has 2 aromatic rings. The molecule has 18 heavy (non-hydrogen) atoms. The van der Waals surface area contributed by atoms with E-state index >= 15 is 0 Å². The van der Waals surface area contributed by atoms with E-state index in [9.17, 15) is 0 Å². The average Bonchev–Trinajstić information content (AvgIpc) is 2.93. The molecule has 0 bridgehead atoms. The topological polar surface area (TPSA) is 39.1 Å². The Bertz CT molecular complexity index is 555. The van der Waals surface area contributed by atoms with Gasteiger partial charge in [-0.1, -0.05) is 12.1 Å². The Morgan fingerprint density at radius 2 is 2.28 bits per heavy atom. The molecule has 96 valence electrons. The van der Waals surface area contributed by atoms with Gasteiger partial charge in [-0.2, -0.15) is 0 Å². The maximum Gasteiger partial charge on any atom is 0.203 e. The van der Waals surface area contributed by atoms with Gasteiger partial charge in [0.2, 0.25) is 5.95 Å². The van der Waals surface area contributed by atoms with Gasteiger partial charge < -0.3 is 14.6 Å². The highest BCUT2D eigenvalue weighted by atomic mass is 16.5. The van der Waals surface area contributed by atoms with Crippen molar-refractivity contribution in [3.05, 3.63) is 24.3 Å². The van der Waals surface area contributed by atoms with Crippen molar-refractivity contribution in [2.75, 3.05) is 18.5 Å². The molecule has 0 spiro atoms. The monoisotopic (exact) mass is 245 g/mol. The summed E-state index contributed by atoms with van der Waals surface area (Å²) in [6.45, 7) is 3.85. The summed E-state index contributed by atoms with van der Waals surface area (Å²) in [5.41, 5.74) is 2.13. The van der Waals surface area contributed by atoms with Crippen molar-refractivity contribution in [3.63, 3.8) is 0 Å². The first-order valence-corrected chi connectivity index (χ1v) is 6.47. The fraction of sp³-hybridized carbons (Fsp3) is 0.500. The zero-order valence-corrected chi connectivity index (χ0v) is 10.9. The molecule has 0 saturated carbocycles. The van der Waals surface area contributed by atoms with Gasteiger partial charge >= 0.3 is 0 Å². The summed E-state index contributed by atoms with van der Waals surface area (Å²) in [5, 5.41) is 3.41. The first kappa shape index (κ1) is 11.5. The molecule has 0 radical (unpaired) electrons. The second kappa shape index (κ2) is 4.28. The first-order valence-electron chi connectivity index (χ1n) is 6.47. The van der Waals surface area contributed by atoms with Crippen LogP contribution in [0.15, 0.2) is 24.3 Å². The highest BCUT2D eigenvalue weighted by Gasteiger charge is 2.29. The molecule has 1 aliphatic rings. The molecule has 2 heterocycles. The fourth-order valence-corrected chi connectivity index (χ4v) is 2.55. The number of hydrogen-bond donors (Lipinski definition) is 1. The lowest BCUT2D eigenvalue weighted by molar-refractivity contribution is 0.0314. The van der Waals surface area contributed by atoms with E-state index in [1.54, 1.807) is 0 Å². The lowest BCUT2D eigenvalue weighted by atomic mass is 10.0. The van der Waals surface area contributed by atoms with Crippen molar-refractivity contribution < 1.29 is 4.74 Å². The molecule has 1 aliphatic heterocycles.